The fraction of sp³-hybridized carbons (Fsp3) is 0.250. The number of carbonyl (C=O) groups is 1. The summed E-state index contributed by atoms with van der Waals surface area (Å²) >= 11 is 0.876. The highest BCUT2D eigenvalue weighted by Gasteiger charge is 2.36. The summed E-state index contributed by atoms with van der Waals surface area (Å²) in [7, 11) is 4.25. The van der Waals surface area contributed by atoms with Crippen LogP contribution in [-0.4, -0.2) is 38.1 Å². The van der Waals surface area contributed by atoms with Gasteiger partial charge in [-0.15, -0.1) is 11.3 Å². The zero-order valence-electron chi connectivity index (χ0n) is 16.2. The lowest BCUT2D eigenvalue weighted by Crippen LogP contribution is -2.21. The van der Waals surface area contributed by atoms with E-state index in [0.717, 1.165) is 28.4 Å². The minimum atomic E-state index is -4.77. The van der Waals surface area contributed by atoms with Gasteiger partial charge in [0.25, 0.3) is 5.91 Å². The van der Waals surface area contributed by atoms with Gasteiger partial charge in [0.2, 0.25) is 0 Å². The number of hydrogen-bond acceptors (Lipinski definition) is 3. The predicted octanol–water partition coefficient (Wildman–Crippen LogP) is 6.06. The molecular formula is C20H18F6N2OS. The summed E-state index contributed by atoms with van der Waals surface area (Å²) in [6, 6.07) is 7.35. The summed E-state index contributed by atoms with van der Waals surface area (Å²) in [6.45, 7) is 2.99. The number of thiophene rings is 1. The monoisotopic (exact) mass is 448 g/mol. The summed E-state index contributed by atoms with van der Waals surface area (Å²) < 4.78 is 79.6. The van der Waals surface area contributed by atoms with Crippen LogP contribution in [0.1, 0.15) is 20.1 Å². The smallest absolute Gasteiger partial charge is 0.344 e. The molecule has 0 radical (unpaired) electrons. The first kappa shape index (κ1) is 23.5. The normalized spacial score (nSPS) is 12.6. The van der Waals surface area contributed by atoms with E-state index in [-0.39, 0.29) is 27.0 Å². The molecule has 3 nitrogen and oxygen atoms in total. The van der Waals surface area contributed by atoms with Crippen molar-refractivity contribution in [1.82, 2.24) is 4.90 Å². The molecule has 2 aromatic rings. The average Bonchev–Trinajstić information content (AvgIpc) is 3.12. The summed E-state index contributed by atoms with van der Waals surface area (Å²) in [5.41, 5.74) is -2.74. The fourth-order valence-electron chi connectivity index (χ4n) is 2.53. The third kappa shape index (κ3) is 5.24. The highest BCUT2D eigenvalue weighted by atomic mass is 32.1. The molecule has 1 aromatic heterocycles. The quantitative estimate of drug-likeness (QED) is 0.410. The topological polar surface area (TPSA) is 23.6 Å². The highest BCUT2D eigenvalue weighted by Crippen LogP contribution is 2.40. The molecule has 2 rings (SSSR count). The minimum absolute atomic E-state index is 0.170. The number of halogens is 6. The zero-order valence-corrected chi connectivity index (χ0v) is 17.0. The van der Waals surface area contributed by atoms with Crippen LogP contribution in [0.25, 0.3) is 5.70 Å². The van der Waals surface area contributed by atoms with Crippen molar-refractivity contribution < 1.29 is 31.1 Å². The third-order valence-corrected chi connectivity index (χ3v) is 5.18. The van der Waals surface area contributed by atoms with Crippen LogP contribution in [0.4, 0.5) is 32.0 Å². The Morgan fingerprint density at radius 2 is 1.53 bits per heavy atom. The van der Waals surface area contributed by atoms with E-state index < -0.39 is 23.5 Å². The molecule has 30 heavy (non-hydrogen) atoms. The first-order valence-corrected chi connectivity index (χ1v) is 9.24. The molecule has 0 aliphatic heterocycles. The van der Waals surface area contributed by atoms with Crippen LogP contribution in [0.5, 0.6) is 0 Å². The Bertz CT molecular complexity index is 972. The number of anilines is 1. The molecular weight excluding hydrogens is 430 g/mol. The molecule has 162 valence electrons. The van der Waals surface area contributed by atoms with Crippen LogP contribution in [0.3, 0.4) is 0 Å². The highest BCUT2D eigenvalue weighted by molar-refractivity contribution is 7.15. The lowest BCUT2D eigenvalue weighted by Gasteiger charge is -2.26. The van der Waals surface area contributed by atoms with Crippen LogP contribution in [0.2, 0.25) is 0 Å². The van der Waals surface area contributed by atoms with Crippen molar-refractivity contribution in [2.45, 2.75) is 12.4 Å². The summed E-state index contributed by atoms with van der Waals surface area (Å²) in [5, 5.41) is 0. The maximum Gasteiger partial charge on any atom is 0.418 e. The van der Waals surface area contributed by atoms with E-state index in [4.69, 9.17) is 0 Å². The molecule has 1 aromatic carbocycles. The van der Waals surface area contributed by atoms with E-state index in [0.29, 0.717) is 6.08 Å². The standard InChI is InChI=1S/C20H18F6N2OS/c1-12(19(21,22)23)11-15(16-9-10-17(30-16)18(29)27(2)3)28(4)14-8-6-5-7-13(14)20(24,25)26/h5-11H,1H2,2-4H3/b15-11-. The van der Waals surface area contributed by atoms with Crippen molar-refractivity contribution in [2.24, 2.45) is 0 Å². The lowest BCUT2D eigenvalue weighted by molar-refractivity contribution is -0.137. The molecule has 0 aliphatic carbocycles. The Labute approximate surface area is 173 Å². The SMILES string of the molecule is C=C(/C=C(/c1ccc(C(=O)N(C)C)s1)N(C)c1ccccc1C(F)(F)F)C(F)(F)F. The summed E-state index contributed by atoms with van der Waals surface area (Å²) in [4.78, 5) is 14.9. The van der Waals surface area contributed by atoms with Gasteiger partial charge >= 0.3 is 12.4 Å². The molecule has 0 atom stereocenters. The number of allylic oxidation sites excluding steroid dienone is 2. The third-order valence-electron chi connectivity index (χ3n) is 4.08. The summed E-state index contributed by atoms with van der Waals surface area (Å²) in [6.07, 6.45) is -8.81. The maximum atomic E-state index is 13.4. The molecule has 1 heterocycles. The van der Waals surface area contributed by atoms with Crippen LogP contribution in [0.15, 0.2) is 54.6 Å². The van der Waals surface area contributed by atoms with E-state index in [1.807, 2.05) is 0 Å². The number of nitrogens with zero attached hydrogens (tertiary/aromatic N) is 2. The van der Waals surface area contributed by atoms with Crippen molar-refractivity contribution in [3.63, 3.8) is 0 Å². The Kier molecular flexibility index (Phi) is 6.70. The van der Waals surface area contributed by atoms with Crippen molar-refractivity contribution in [3.8, 4) is 0 Å². The van der Waals surface area contributed by atoms with Crippen molar-refractivity contribution >= 4 is 28.6 Å². The van der Waals surface area contributed by atoms with Crippen LogP contribution < -0.4 is 4.90 Å². The largest absolute Gasteiger partial charge is 0.418 e. The van der Waals surface area contributed by atoms with Gasteiger partial charge < -0.3 is 9.80 Å². The van der Waals surface area contributed by atoms with E-state index >= 15 is 0 Å². The first-order valence-electron chi connectivity index (χ1n) is 8.43. The maximum absolute atomic E-state index is 13.4. The van der Waals surface area contributed by atoms with Crippen LogP contribution in [0, 0.1) is 0 Å². The van der Waals surface area contributed by atoms with Crippen LogP contribution >= 0.6 is 11.3 Å². The van der Waals surface area contributed by atoms with E-state index in [1.165, 1.54) is 50.3 Å². The Morgan fingerprint density at radius 3 is 2.07 bits per heavy atom. The van der Waals surface area contributed by atoms with Crippen LogP contribution in [-0.2, 0) is 6.18 Å². The molecule has 0 saturated carbocycles. The molecule has 0 aliphatic rings. The van der Waals surface area contributed by atoms with E-state index in [2.05, 4.69) is 6.58 Å². The second kappa shape index (κ2) is 8.55. The molecule has 0 bridgehead atoms. The van der Waals surface area contributed by atoms with Crippen molar-refractivity contribution in [2.75, 3.05) is 26.0 Å². The zero-order chi connectivity index (χ0) is 22.9. The van der Waals surface area contributed by atoms with Crippen molar-refractivity contribution in [1.29, 1.82) is 0 Å². The Balaban J connectivity index is 2.63. The van der Waals surface area contributed by atoms with Gasteiger partial charge in [0.05, 0.1) is 32.3 Å². The number of alkyl halides is 6. The number of amides is 1. The average molecular weight is 448 g/mol. The lowest BCUT2D eigenvalue weighted by atomic mass is 10.1. The van der Waals surface area contributed by atoms with Gasteiger partial charge in [-0.1, -0.05) is 18.7 Å². The van der Waals surface area contributed by atoms with Gasteiger partial charge in [0.1, 0.15) is 0 Å². The molecule has 0 fully saturated rings. The number of rotatable bonds is 5. The fourth-order valence-corrected chi connectivity index (χ4v) is 3.61. The van der Waals surface area contributed by atoms with Gasteiger partial charge in [-0.25, -0.2) is 0 Å². The Hall–Kier alpha value is -2.75. The molecule has 0 unspecified atom stereocenters. The van der Waals surface area contributed by atoms with E-state index in [9.17, 15) is 31.1 Å². The molecule has 10 heteroatoms. The molecule has 0 N–H and O–H groups in total. The first-order chi connectivity index (χ1) is 13.7. The van der Waals surface area contributed by atoms with Gasteiger partial charge in [-0.2, -0.15) is 26.3 Å². The van der Waals surface area contributed by atoms with Gasteiger partial charge in [-0.3, -0.25) is 4.79 Å². The summed E-state index contributed by atoms with van der Waals surface area (Å²) in [5.74, 6) is -0.376. The van der Waals surface area contributed by atoms with Gasteiger partial charge in [-0.05, 0) is 30.3 Å². The van der Waals surface area contributed by atoms with Gasteiger partial charge in [0.15, 0.2) is 0 Å². The van der Waals surface area contributed by atoms with E-state index in [1.54, 1.807) is 0 Å². The second-order valence-corrected chi connectivity index (χ2v) is 7.57. The number of carbonyl (C=O) groups excluding carboxylic acids is 1. The molecule has 0 saturated heterocycles. The molecule has 0 spiro atoms. The number of para-hydroxylation sites is 1. The Morgan fingerprint density at radius 1 is 0.967 bits per heavy atom. The second-order valence-electron chi connectivity index (χ2n) is 6.49. The number of hydrogen-bond donors (Lipinski definition) is 0. The molecule has 1 amide bonds. The predicted molar refractivity (Wildman–Crippen MR) is 105 cm³/mol. The van der Waals surface area contributed by atoms with Crippen molar-refractivity contribution in [3.05, 3.63) is 69.9 Å². The minimum Gasteiger partial charge on any atom is -0.344 e. The number of benzene rings is 1. The van der Waals surface area contributed by atoms with Gasteiger partial charge in [0, 0.05) is 21.1 Å².